The van der Waals surface area contributed by atoms with Crippen LogP contribution in [0.5, 0.6) is 0 Å². The lowest BCUT2D eigenvalue weighted by Gasteiger charge is -2.60. The molecular formula is C51H51NO3. The molecule has 3 heterocycles. The van der Waals surface area contributed by atoms with Gasteiger partial charge in [0.2, 0.25) is 0 Å². The second kappa shape index (κ2) is 11.7. The van der Waals surface area contributed by atoms with Gasteiger partial charge in [0.15, 0.2) is 0 Å². The largest absolute Gasteiger partial charge is 0.456 e. The van der Waals surface area contributed by atoms with Gasteiger partial charge >= 0.3 is 0 Å². The predicted molar refractivity (Wildman–Crippen MR) is 223 cm³/mol. The van der Waals surface area contributed by atoms with E-state index in [-0.39, 0.29) is 11.2 Å². The molecule has 6 fully saturated rings. The third-order valence-electron chi connectivity index (χ3n) is 15.4. The average Bonchev–Trinajstić information content (AvgIpc) is 3.92. The Morgan fingerprint density at radius 3 is 1.64 bits per heavy atom. The van der Waals surface area contributed by atoms with Crippen molar-refractivity contribution in [3.05, 3.63) is 114 Å². The number of rotatable bonds is 3. The zero-order chi connectivity index (χ0) is 36.6. The van der Waals surface area contributed by atoms with Crippen LogP contribution in [0.25, 0.3) is 43.9 Å². The first-order chi connectivity index (χ1) is 27.0. The van der Waals surface area contributed by atoms with Crippen molar-refractivity contribution in [1.82, 2.24) is 0 Å². The molecule has 0 N–H and O–H groups in total. The van der Waals surface area contributed by atoms with Crippen LogP contribution in [0.4, 0.5) is 17.1 Å². The van der Waals surface area contributed by atoms with Gasteiger partial charge in [-0.1, -0.05) is 63.2 Å². The van der Waals surface area contributed by atoms with Gasteiger partial charge in [-0.15, -0.1) is 0 Å². The highest BCUT2D eigenvalue weighted by Gasteiger charge is 2.69. The first-order valence-corrected chi connectivity index (χ1v) is 21.5. The highest BCUT2D eigenvalue weighted by Crippen LogP contribution is 2.72. The van der Waals surface area contributed by atoms with Crippen LogP contribution in [0.2, 0.25) is 0 Å². The molecule has 2 aromatic heterocycles. The Balaban J connectivity index is 0.00000165. The fraction of sp³-hybridized carbons (Fsp3) is 0.412. The number of anilines is 3. The Morgan fingerprint density at radius 2 is 1.02 bits per heavy atom. The van der Waals surface area contributed by atoms with Crippen molar-refractivity contribution in [2.24, 2.45) is 41.4 Å². The second-order valence-electron chi connectivity index (χ2n) is 18.3. The van der Waals surface area contributed by atoms with Crippen LogP contribution in [0.15, 0.2) is 112 Å². The van der Waals surface area contributed by atoms with Gasteiger partial charge < -0.3 is 18.5 Å². The van der Waals surface area contributed by atoms with Crippen LogP contribution in [-0.2, 0) is 15.9 Å². The van der Waals surface area contributed by atoms with E-state index in [0.717, 1.165) is 78.9 Å². The average molecular weight is 726 g/mol. The molecule has 6 aliphatic carbocycles. The Morgan fingerprint density at radius 1 is 0.491 bits per heavy atom. The molecule has 4 atom stereocenters. The molecule has 6 saturated carbocycles. The van der Waals surface area contributed by atoms with E-state index in [1.54, 1.807) is 0 Å². The fourth-order valence-corrected chi connectivity index (χ4v) is 13.8. The Bertz CT molecular complexity index is 2500. The zero-order valence-corrected chi connectivity index (χ0v) is 32.4. The summed E-state index contributed by atoms with van der Waals surface area (Å²) in [5.74, 6) is 5.22. The van der Waals surface area contributed by atoms with Gasteiger partial charge in [0.1, 0.15) is 27.9 Å². The zero-order valence-electron chi connectivity index (χ0n) is 32.4. The molecule has 4 heteroatoms. The molecule has 55 heavy (non-hydrogen) atoms. The first kappa shape index (κ1) is 32.7. The van der Waals surface area contributed by atoms with E-state index < -0.39 is 0 Å². The van der Waals surface area contributed by atoms with Gasteiger partial charge in [-0.25, -0.2) is 0 Å². The van der Waals surface area contributed by atoms with Gasteiger partial charge in [-0.2, -0.15) is 0 Å². The van der Waals surface area contributed by atoms with Crippen LogP contribution < -0.4 is 4.90 Å². The van der Waals surface area contributed by atoms with Crippen molar-refractivity contribution < 1.29 is 13.6 Å². The molecule has 14 rings (SSSR count). The number of hydrogen-bond acceptors (Lipinski definition) is 4. The van der Waals surface area contributed by atoms with Gasteiger partial charge in [0.05, 0.1) is 5.60 Å². The number of nitrogens with zero attached hydrogens (tertiary/aromatic N) is 1. The van der Waals surface area contributed by atoms with Crippen molar-refractivity contribution in [3.8, 4) is 0 Å². The molecule has 6 bridgehead atoms. The lowest BCUT2D eigenvalue weighted by molar-refractivity contribution is -0.260. The molecule has 2 spiro atoms. The summed E-state index contributed by atoms with van der Waals surface area (Å²) in [7, 11) is 0. The molecule has 5 aromatic carbocycles. The predicted octanol–water partition coefficient (Wildman–Crippen LogP) is 14.3. The summed E-state index contributed by atoms with van der Waals surface area (Å²) in [6, 6.07) is 37.8. The summed E-state index contributed by atoms with van der Waals surface area (Å²) in [6.45, 7) is 6.49. The molecule has 278 valence electrons. The number of hydrogen-bond donors (Lipinski definition) is 0. The normalized spacial score (nSPS) is 32.6. The fourth-order valence-electron chi connectivity index (χ4n) is 13.8. The van der Waals surface area contributed by atoms with E-state index in [1.807, 2.05) is 13.8 Å². The highest BCUT2D eigenvalue weighted by atomic mass is 16.5. The smallest absolute Gasteiger partial charge is 0.137 e. The Kier molecular flexibility index (Phi) is 6.98. The lowest BCUT2D eigenvalue weighted by atomic mass is 9.48. The van der Waals surface area contributed by atoms with E-state index in [0.29, 0.717) is 17.8 Å². The van der Waals surface area contributed by atoms with Crippen molar-refractivity contribution >= 4 is 60.9 Å². The summed E-state index contributed by atoms with van der Waals surface area (Å²) in [4.78, 5) is 2.45. The van der Waals surface area contributed by atoms with Crippen LogP contribution in [0, 0.1) is 41.4 Å². The molecule has 4 unspecified atom stereocenters. The minimum absolute atomic E-state index is 0.135. The molecule has 1 aliphatic heterocycles. The maximum atomic E-state index is 8.09. The molecule has 7 aromatic rings. The van der Waals surface area contributed by atoms with Crippen molar-refractivity contribution in [1.29, 1.82) is 0 Å². The number of ether oxygens (including phenoxy) is 1. The summed E-state index contributed by atoms with van der Waals surface area (Å²) in [6.07, 6.45) is 12.0. The van der Waals surface area contributed by atoms with Crippen LogP contribution in [0.3, 0.4) is 0 Å². The van der Waals surface area contributed by atoms with Gasteiger partial charge in [0, 0.05) is 50.7 Å². The summed E-state index contributed by atoms with van der Waals surface area (Å²) < 4.78 is 21.1. The monoisotopic (exact) mass is 725 g/mol. The minimum atomic E-state index is -0.170. The minimum Gasteiger partial charge on any atom is -0.456 e. The van der Waals surface area contributed by atoms with E-state index in [2.05, 4.69) is 115 Å². The number of para-hydroxylation sites is 2. The standard InChI is InChI=1S/C49H45NO3.C2H6/c1-28-16-31-23-32(17-28)48(27-31)42-15-12-35(24-43(42)49(53-48)33-19-29-18-30(21-33)22-34(49)20-29)50(36-10-13-40-38-6-2-4-8-44(38)51-46(40)25-36)37-11-14-41-39-7-3-5-9-45(39)52-47(41)26-37;1-2/h2-15,24-26,28-34H,16-23,27H2,1H3;1-2H3. The van der Waals surface area contributed by atoms with Gasteiger partial charge in [-0.3, -0.25) is 0 Å². The van der Waals surface area contributed by atoms with E-state index in [4.69, 9.17) is 13.6 Å². The molecule has 4 nitrogen and oxygen atoms in total. The van der Waals surface area contributed by atoms with Crippen LogP contribution in [0.1, 0.15) is 89.7 Å². The van der Waals surface area contributed by atoms with Crippen molar-refractivity contribution in [3.63, 3.8) is 0 Å². The van der Waals surface area contributed by atoms with E-state index in [9.17, 15) is 0 Å². The van der Waals surface area contributed by atoms with E-state index in [1.165, 1.54) is 74.6 Å². The first-order valence-electron chi connectivity index (χ1n) is 21.5. The number of fused-ring (bicyclic) bond motifs is 11. The van der Waals surface area contributed by atoms with Gasteiger partial charge in [-0.05, 0) is 159 Å². The Labute approximate surface area is 323 Å². The third kappa shape index (κ3) is 4.49. The maximum absolute atomic E-state index is 8.09. The van der Waals surface area contributed by atoms with Gasteiger partial charge in [0.25, 0.3) is 0 Å². The molecule has 7 aliphatic rings. The summed E-state index contributed by atoms with van der Waals surface area (Å²) >= 11 is 0. The molecule has 0 amide bonds. The topological polar surface area (TPSA) is 38.8 Å². The number of benzene rings is 5. The summed E-state index contributed by atoms with van der Waals surface area (Å²) in [5, 5.41) is 4.61. The lowest BCUT2D eigenvalue weighted by Crippen LogP contribution is -2.56. The van der Waals surface area contributed by atoms with Crippen molar-refractivity contribution in [2.45, 2.75) is 89.8 Å². The summed E-state index contributed by atoms with van der Waals surface area (Å²) in [5.41, 5.74) is 9.80. The van der Waals surface area contributed by atoms with Crippen LogP contribution >= 0.6 is 0 Å². The molecular weight excluding hydrogens is 675 g/mol. The molecule has 0 saturated heterocycles. The van der Waals surface area contributed by atoms with Crippen LogP contribution in [-0.4, -0.2) is 0 Å². The number of furan rings is 2. The quantitative estimate of drug-likeness (QED) is 0.182. The van der Waals surface area contributed by atoms with E-state index >= 15 is 0 Å². The second-order valence-corrected chi connectivity index (χ2v) is 18.3. The molecule has 0 radical (unpaired) electrons. The SMILES string of the molecule is CC.CC1CC2CC(C1)C1(C2)OC2(c3cc(N(c4ccc5c(c4)oc4ccccc45)c4ccc5c(c4)oc4ccccc45)ccc31)C1CC3CC(C1)CC2C3. The van der Waals surface area contributed by atoms with Crippen molar-refractivity contribution in [2.75, 3.05) is 4.90 Å². The third-order valence-corrected chi connectivity index (χ3v) is 15.4. The maximum Gasteiger partial charge on any atom is 0.137 e. The highest BCUT2D eigenvalue weighted by molar-refractivity contribution is 6.07. The Hall–Kier alpha value is -4.54.